The Morgan fingerprint density at radius 2 is 0.945 bits per heavy atom. The summed E-state index contributed by atoms with van der Waals surface area (Å²) in [6.07, 6.45) is 0. The Morgan fingerprint density at radius 3 is 1.71 bits per heavy atom. The zero-order chi connectivity index (χ0) is 36.3. The minimum atomic E-state index is 1.10. The summed E-state index contributed by atoms with van der Waals surface area (Å²) in [4.78, 5) is 2.39. The van der Waals surface area contributed by atoms with Crippen LogP contribution in [-0.2, 0) is 0 Å². The summed E-state index contributed by atoms with van der Waals surface area (Å²) >= 11 is 1.89. The van der Waals surface area contributed by atoms with Gasteiger partial charge in [-0.15, -0.1) is 11.3 Å². The van der Waals surface area contributed by atoms with Gasteiger partial charge in [-0.3, -0.25) is 0 Å². The number of anilines is 3. The molecule has 11 rings (SSSR count). The van der Waals surface area contributed by atoms with Crippen LogP contribution in [0.4, 0.5) is 17.1 Å². The highest BCUT2D eigenvalue weighted by atomic mass is 32.1. The Hall–Kier alpha value is -6.94. The molecule has 11 aromatic rings. The van der Waals surface area contributed by atoms with Crippen LogP contribution in [0, 0.1) is 0 Å². The summed E-state index contributed by atoms with van der Waals surface area (Å²) in [5.74, 6) is 0. The molecule has 0 saturated carbocycles. The fourth-order valence-corrected chi connectivity index (χ4v) is 9.60. The second-order valence-corrected chi connectivity index (χ2v) is 15.2. The van der Waals surface area contributed by atoms with E-state index >= 15 is 0 Å². The van der Waals surface area contributed by atoms with Crippen molar-refractivity contribution in [1.82, 2.24) is 4.57 Å². The Labute approximate surface area is 323 Å². The van der Waals surface area contributed by atoms with Crippen molar-refractivity contribution in [3.63, 3.8) is 0 Å². The third kappa shape index (κ3) is 5.32. The van der Waals surface area contributed by atoms with E-state index in [1.165, 1.54) is 75.0 Å². The van der Waals surface area contributed by atoms with Gasteiger partial charge >= 0.3 is 0 Å². The lowest BCUT2D eigenvalue weighted by molar-refractivity contribution is 1.18. The molecule has 55 heavy (non-hydrogen) atoms. The van der Waals surface area contributed by atoms with E-state index in [-0.39, 0.29) is 0 Å². The average Bonchev–Trinajstić information content (AvgIpc) is 3.79. The number of thiophene rings is 1. The van der Waals surface area contributed by atoms with Crippen LogP contribution in [0.25, 0.3) is 80.7 Å². The van der Waals surface area contributed by atoms with Gasteiger partial charge in [-0.1, -0.05) is 140 Å². The maximum Gasteiger partial charge on any atom is 0.0561 e. The molecule has 0 atom stereocenters. The van der Waals surface area contributed by atoms with Gasteiger partial charge in [0.05, 0.1) is 11.0 Å². The Morgan fingerprint density at radius 1 is 0.364 bits per heavy atom. The van der Waals surface area contributed by atoms with E-state index in [4.69, 9.17) is 0 Å². The molecule has 2 aromatic heterocycles. The van der Waals surface area contributed by atoms with E-state index < -0.39 is 0 Å². The van der Waals surface area contributed by atoms with Gasteiger partial charge in [0.2, 0.25) is 0 Å². The van der Waals surface area contributed by atoms with Crippen molar-refractivity contribution in [2.75, 3.05) is 4.90 Å². The van der Waals surface area contributed by atoms with E-state index in [2.05, 4.69) is 216 Å². The van der Waals surface area contributed by atoms with Crippen molar-refractivity contribution >= 4 is 81.1 Å². The van der Waals surface area contributed by atoms with Crippen molar-refractivity contribution in [1.29, 1.82) is 0 Å². The summed E-state index contributed by atoms with van der Waals surface area (Å²) in [5.41, 5.74) is 11.7. The Balaban J connectivity index is 1.06. The zero-order valence-corrected chi connectivity index (χ0v) is 30.7. The van der Waals surface area contributed by atoms with Crippen LogP contribution in [0.3, 0.4) is 0 Å². The Bertz CT molecular complexity index is 3180. The summed E-state index contributed by atoms with van der Waals surface area (Å²) in [6, 6.07) is 75.1. The molecule has 0 N–H and O–H groups in total. The maximum absolute atomic E-state index is 2.39. The van der Waals surface area contributed by atoms with Gasteiger partial charge in [0.1, 0.15) is 0 Å². The van der Waals surface area contributed by atoms with E-state index in [0.29, 0.717) is 0 Å². The number of rotatable bonds is 6. The molecule has 2 heterocycles. The first-order valence-electron chi connectivity index (χ1n) is 18.8. The highest BCUT2D eigenvalue weighted by Gasteiger charge is 2.19. The monoisotopic (exact) mass is 718 g/mol. The molecule has 0 spiro atoms. The maximum atomic E-state index is 2.39. The van der Waals surface area contributed by atoms with Crippen LogP contribution in [0.15, 0.2) is 206 Å². The van der Waals surface area contributed by atoms with Crippen LogP contribution in [-0.4, -0.2) is 4.57 Å². The minimum absolute atomic E-state index is 1.10. The molecular formula is C52H34N2S. The molecular weight excluding hydrogens is 685 g/mol. The number of para-hydroxylation sites is 2. The fraction of sp³-hybridized carbons (Fsp3) is 0. The summed E-state index contributed by atoms with van der Waals surface area (Å²) < 4.78 is 5.04. The zero-order valence-electron chi connectivity index (χ0n) is 29.9. The van der Waals surface area contributed by atoms with E-state index in [9.17, 15) is 0 Å². The molecule has 0 aliphatic carbocycles. The number of hydrogen-bond acceptors (Lipinski definition) is 2. The SMILES string of the molecule is c1ccc(-c2ccc(N(c3ccc(-c4cccc5c4sc4cc6ccccc6cc45)cc3)c3ccc4c5ccccc5n(-c5ccccc5)c4c3)cc2)cc1. The molecule has 0 amide bonds. The van der Waals surface area contributed by atoms with Crippen LogP contribution >= 0.6 is 11.3 Å². The molecule has 0 aliphatic heterocycles. The number of fused-ring (bicyclic) bond motifs is 7. The number of nitrogens with zero attached hydrogens (tertiary/aromatic N) is 2. The van der Waals surface area contributed by atoms with Gasteiger partial charge in [0, 0.05) is 53.7 Å². The molecule has 0 bridgehead atoms. The normalized spacial score (nSPS) is 11.6. The summed E-state index contributed by atoms with van der Waals surface area (Å²) in [6.45, 7) is 0. The topological polar surface area (TPSA) is 8.17 Å². The Kier molecular flexibility index (Phi) is 7.39. The number of hydrogen-bond donors (Lipinski definition) is 0. The third-order valence-electron chi connectivity index (χ3n) is 11.0. The molecule has 9 aromatic carbocycles. The largest absolute Gasteiger partial charge is 0.310 e. The molecule has 0 fully saturated rings. The molecule has 3 heteroatoms. The first-order valence-corrected chi connectivity index (χ1v) is 19.6. The third-order valence-corrected chi connectivity index (χ3v) is 12.2. The van der Waals surface area contributed by atoms with Crippen LogP contribution in [0.2, 0.25) is 0 Å². The van der Waals surface area contributed by atoms with Crippen LogP contribution in [0.5, 0.6) is 0 Å². The smallest absolute Gasteiger partial charge is 0.0561 e. The van der Waals surface area contributed by atoms with Crippen molar-refractivity contribution in [3.8, 4) is 27.9 Å². The van der Waals surface area contributed by atoms with Gasteiger partial charge in [-0.05, 0) is 99.8 Å². The van der Waals surface area contributed by atoms with Gasteiger partial charge < -0.3 is 9.47 Å². The quantitative estimate of drug-likeness (QED) is 0.166. The first-order chi connectivity index (χ1) is 27.3. The van der Waals surface area contributed by atoms with Gasteiger partial charge in [-0.2, -0.15) is 0 Å². The van der Waals surface area contributed by atoms with Crippen LogP contribution < -0.4 is 4.90 Å². The molecule has 0 saturated heterocycles. The molecule has 0 unspecified atom stereocenters. The second-order valence-electron chi connectivity index (χ2n) is 14.2. The lowest BCUT2D eigenvalue weighted by Crippen LogP contribution is -2.10. The summed E-state index contributed by atoms with van der Waals surface area (Å²) in [7, 11) is 0. The lowest BCUT2D eigenvalue weighted by Gasteiger charge is -2.26. The average molecular weight is 719 g/mol. The van der Waals surface area contributed by atoms with E-state index in [1.54, 1.807) is 0 Å². The van der Waals surface area contributed by atoms with Gasteiger partial charge in [0.25, 0.3) is 0 Å². The van der Waals surface area contributed by atoms with E-state index in [0.717, 1.165) is 22.7 Å². The summed E-state index contributed by atoms with van der Waals surface area (Å²) in [5, 5.41) is 7.69. The number of aromatic nitrogens is 1. The van der Waals surface area contributed by atoms with Crippen molar-refractivity contribution in [2.24, 2.45) is 0 Å². The standard InChI is InChI=1S/C52H34N2S/c1-3-12-35(13-4-1)36-22-26-41(27-23-36)53(43-30-31-46-45-18-9-10-21-49(45)54(50(46)34-43)40-16-5-2-6-17-40)42-28-24-37(25-29-42)44-19-11-20-47-48-32-38-14-7-8-15-39(38)33-51(48)55-52(44)47/h1-34H. The van der Waals surface area contributed by atoms with Gasteiger partial charge in [0.15, 0.2) is 0 Å². The highest BCUT2D eigenvalue weighted by molar-refractivity contribution is 7.26. The fourth-order valence-electron chi connectivity index (χ4n) is 8.33. The van der Waals surface area contributed by atoms with Crippen LogP contribution in [0.1, 0.15) is 0 Å². The predicted octanol–water partition coefficient (Wildman–Crippen LogP) is 15.1. The van der Waals surface area contributed by atoms with Crippen molar-refractivity contribution in [3.05, 3.63) is 206 Å². The minimum Gasteiger partial charge on any atom is -0.310 e. The second kappa shape index (κ2) is 12.9. The lowest BCUT2D eigenvalue weighted by atomic mass is 10.0. The van der Waals surface area contributed by atoms with Crippen molar-refractivity contribution < 1.29 is 0 Å². The highest BCUT2D eigenvalue weighted by Crippen LogP contribution is 2.44. The molecule has 258 valence electrons. The molecule has 0 aliphatic rings. The molecule has 0 radical (unpaired) electrons. The van der Waals surface area contributed by atoms with E-state index in [1.807, 2.05) is 11.3 Å². The molecule has 2 nitrogen and oxygen atoms in total. The van der Waals surface area contributed by atoms with Crippen molar-refractivity contribution in [2.45, 2.75) is 0 Å². The van der Waals surface area contributed by atoms with Gasteiger partial charge in [-0.25, -0.2) is 0 Å². The predicted molar refractivity (Wildman–Crippen MR) is 237 cm³/mol. The number of benzene rings is 9. The first kappa shape index (κ1) is 31.6.